The molecule has 1 amide bonds. The summed E-state index contributed by atoms with van der Waals surface area (Å²) >= 11 is 0. The molecule has 0 bridgehead atoms. The van der Waals surface area contributed by atoms with Crippen molar-refractivity contribution < 1.29 is 14.7 Å². The number of carboxylic acid groups (broad SMARTS) is 1. The summed E-state index contributed by atoms with van der Waals surface area (Å²) in [6.45, 7) is 4.26. The van der Waals surface area contributed by atoms with Crippen LogP contribution in [0.25, 0.3) is 11.1 Å². The number of fused-ring (bicyclic) bond motifs is 1. The molecule has 174 valence electrons. The minimum atomic E-state index is -0.928. The van der Waals surface area contributed by atoms with Gasteiger partial charge in [-0.3, -0.25) is 14.6 Å². The van der Waals surface area contributed by atoms with Gasteiger partial charge in [0.05, 0.1) is 17.8 Å². The molecule has 0 radical (unpaired) electrons. The Morgan fingerprint density at radius 3 is 2.12 bits per heavy atom. The summed E-state index contributed by atoms with van der Waals surface area (Å²) in [5, 5.41) is 9.37. The van der Waals surface area contributed by atoms with Crippen molar-refractivity contribution in [3.8, 4) is 11.1 Å². The first kappa shape index (κ1) is 23.4. The first-order valence-corrected chi connectivity index (χ1v) is 11.9. The average Bonchev–Trinajstić information content (AvgIpc) is 2.99. The smallest absolute Gasteiger partial charge is 0.305 e. The second-order valence-corrected chi connectivity index (χ2v) is 8.60. The summed E-state index contributed by atoms with van der Waals surface area (Å²) in [7, 11) is 0. The normalized spacial score (nSPS) is 15.6. The van der Waals surface area contributed by atoms with Crippen molar-refractivity contribution >= 4 is 23.3 Å². The maximum atomic E-state index is 13.8. The van der Waals surface area contributed by atoms with Crippen LogP contribution in [-0.2, 0) is 9.59 Å². The van der Waals surface area contributed by atoms with E-state index in [9.17, 15) is 14.7 Å². The Morgan fingerprint density at radius 1 is 0.912 bits per heavy atom. The van der Waals surface area contributed by atoms with Gasteiger partial charge in [-0.15, -0.1) is 0 Å². The summed E-state index contributed by atoms with van der Waals surface area (Å²) in [5.74, 6) is -0.987. The van der Waals surface area contributed by atoms with Crippen molar-refractivity contribution in [1.82, 2.24) is 0 Å². The Bertz CT molecular complexity index is 1180. The quantitative estimate of drug-likeness (QED) is 0.466. The number of hydrogen-bond donors (Lipinski definition) is 1. The zero-order valence-electron chi connectivity index (χ0n) is 19.6. The van der Waals surface area contributed by atoms with Crippen molar-refractivity contribution in [2.24, 2.45) is 10.9 Å². The fourth-order valence-electron chi connectivity index (χ4n) is 4.62. The standard InChI is InChI=1S/C29H30N2O3/c1-3-20(4-2)28-29(34)31(18-17-26(32)33)25-16-15-23(21-11-7-5-8-12-21)19-24(25)27(30-28)22-13-9-6-10-14-22/h5-16,19-20,28H,3-4,17-18H2,1-2H3,(H,32,33)/t28-/m0/s1. The highest BCUT2D eigenvalue weighted by molar-refractivity contribution is 6.20. The van der Waals surface area contributed by atoms with Crippen LogP contribution in [0.2, 0.25) is 0 Å². The summed E-state index contributed by atoms with van der Waals surface area (Å²) in [6.07, 6.45) is 1.51. The number of anilines is 1. The third-order valence-electron chi connectivity index (χ3n) is 6.53. The Kier molecular flexibility index (Phi) is 7.21. The van der Waals surface area contributed by atoms with Gasteiger partial charge in [-0.05, 0) is 29.2 Å². The molecular formula is C29H30N2O3. The molecule has 5 heteroatoms. The van der Waals surface area contributed by atoms with Crippen molar-refractivity contribution in [1.29, 1.82) is 0 Å². The van der Waals surface area contributed by atoms with E-state index in [-0.39, 0.29) is 24.8 Å². The zero-order valence-corrected chi connectivity index (χ0v) is 19.6. The van der Waals surface area contributed by atoms with E-state index in [4.69, 9.17) is 4.99 Å². The molecule has 5 nitrogen and oxygen atoms in total. The van der Waals surface area contributed by atoms with Crippen LogP contribution in [0.5, 0.6) is 0 Å². The predicted molar refractivity (Wildman–Crippen MR) is 136 cm³/mol. The summed E-state index contributed by atoms with van der Waals surface area (Å²) in [4.78, 5) is 32.0. The second kappa shape index (κ2) is 10.5. The highest BCUT2D eigenvalue weighted by Gasteiger charge is 2.35. The first-order valence-electron chi connectivity index (χ1n) is 11.9. The molecule has 1 atom stereocenters. The summed E-state index contributed by atoms with van der Waals surface area (Å²) in [5.41, 5.74) is 5.37. The topological polar surface area (TPSA) is 70.0 Å². The fourth-order valence-corrected chi connectivity index (χ4v) is 4.62. The lowest BCUT2D eigenvalue weighted by Crippen LogP contribution is -2.42. The van der Waals surface area contributed by atoms with Crippen LogP contribution in [0.15, 0.2) is 83.9 Å². The van der Waals surface area contributed by atoms with Gasteiger partial charge in [0.2, 0.25) is 0 Å². The van der Waals surface area contributed by atoms with Crippen molar-refractivity contribution in [3.63, 3.8) is 0 Å². The van der Waals surface area contributed by atoms with Gasteiger partial charge in [-0.1, -0.05) is 93.4 Å². The molecular weight excluding hydrogens is 424 g/mol. The molecule has 34 heavy (non-hydrogen) atoms. The second-order valence-electron chi connectivity index (χ2n) is 8.60. The molecule has 3 aromatic carbocycles. The summed E-state index contributed by atoms with van der Waals surface area (Å²) < 4.78 is 0. The predicted octanol–water partition coefficient (Wildman–Crippen LogP) is 5.82. The number of benzene rings is 3. The molecule has 0 fully saturated rings. The van der Waals surface area contributed by atoms with Gasteiger partial charge in [0, 0.05) is 17.7 Å². The van der Waals surface area contributed by atoms with E-state index in [1.807, 2.05) is 60.7 Å². The minimum absolute atomic E-state index is 0.0708. The molecule has 0 aliphatic carbocycles. The van der Waals surface area contributed by atoms with Gasteiger partial charge < -0.3 is 10.0 Å². The Morgan fingerprint density at radius 2 is 1.53 bits per heavy atom. The summed E-state index contributed by atoms with van der Waals surface area (Å²) in [6, 6.07) is 25.5. The highest BCUT2D eigenvalue weighted by Crippen LogP contribution is 2.35. The number of aliphatic carboxylic acids is 1. The monoisotopic (exact) mass is 454 g/mol. The van der Waals surface area contributed by atoms with Crippen LogP contribution < -0.4 is 4.90 Å². The zero-order chi connectivity index (χ0) is 24.1. The molecule has 0 spiro atoms. The van der Waals surface area contributed by atoms with Crippen LogP contribution in [-0.4, -0.2) is 35.3 Å². The maximum absolute atomic E-state index is 13.8. The van der Waals surface area contributed by atoms with Crippen LogP contribution in [0.4, 0.5) is 5.69 Å². The lowest BCUT2D eigenvalue weighted by atomic mass is 9.93. The molecule has 1 aliphatic heterocycles. The van der Waals surface area contributed by atoms with Crippen molar-refractivity contribution in [2.45, 2.75) is 39.2 Å². The first-order chi connectivity index (χ1) is 16.5. The largest absolute Gasteiger partial charge is 0.481 e. The van der Waals surface area contributed by atoms with E-state index in [2.05, 4.69) is 32.0 Å². The minimum Gasteiger partial charge on any atom is -0.481 e. The Balaban J connectivity index is 1.95. The van der Waals surface area contributed by atoms with E-state index in [1.54, 1.807) is 4.90 Å². The molecule has 0 aromatic heterocycles. The maximum Gasteiger partial charge on any atom is 0.305 e. The van der Waals surface area contributed by atoms with Gasteiger partial charge in [-0.2, -0.15) is 0 Å². The van der Waals surface area contributed by atoms with E-state index in [0.29, 0.717) is 5.69 Å². The van der Waals surface area contributed by atoms with E-state index < -0.39 is 12.0 Å². The number of carbonyl (C=O) groups is 2. The van der Waals surface area contributed by atoms with Crippen LogP contribution in [0.1, 0.15) is 44.2 Å². The lowest BCUT2D eigenvalue weighted by molar-refractivity contribution is -0.136. The van der Waals surface area contributed by atoms with Gasteiger partial charge in [0.1, 0.15) is 6.04 Å². The SMILES string of the molecule is CCC(CC)[C@@H]1N=C(c2ccccc2)c2cc(-c3ccccc3)ccc2N(CCC(=O)O)C1=O. The molecule has 0 saturated carbocycles. The average molecular weight is 455 g/mol. The van der Waals surface area contributed by atoms with E-state index in [0.717, 1.165) is 40.8 Å². The molecule has 0 unspecified atom stereocenters. The number of carboxylic acids is 1. The molecule has 1 N–H and O–H groups in total. The highest BCUT2D eigenvalue weighted by atomic mass is 16.4. The molecule has 4 rings (SSSR count). The third kappa shape index (κ3) is 4.79. The Labute approximate surface area is 200 Å². The molecule has 1 aliphatic rings. The van der Waals surface area contributed by atoms with E-state index in [1.165, 1.54) is 0 Å². The molecule has 3 aromatic rings. The number of aliphatic imine (C=N–C) groups is 1. The van der Waals surface area contributed by atoms with Crippen molar-refractivity contribution in [2.75, 3.05) is 11.4 Å². The number of amides is 1. The van der Waals surface area contributed by atoms with Gasteiger partial charge in [0.15, 0.2) is 0 Å². The van der Waals surface area contributed by atoms with Crippen molar-refractivity contribution in [3.05, 3.63) is 90.0 Å². The number of nitrogens with zero attached hydrogens (tertiary/aromatic N) is 2. The number of rotatable bonds is 8. The number of benzodiazepines with no additional fused rings is 1. The lowest BCUT2D eigenvalue weighted by Gasteiger charge is -2.27. The number of carbonyl (C=O) groups excluding carboxylic acids is 1. The molecule has 1 heterocycles. The Hall–Kier alpha value is -3.73. The third-order valence-corrected chi connectivity index (χ3v) is 6.53. The van der Waals surface area contributed by atoms with Gasteiger partial charge in [-0.25, -0.2) is 0 Å². The van der Waals surface area contributed by atoms with Gasteiger partial charge in [0.25, 0.3) is 5.91 Å². The van der Waals surface area contributed by atoms with Crippen LogP contribution in [0.3, 0.4) is 0 Å². The van der Waals surface area contributed by atoms with Gasteiger partial charge >= 0.3 is 5.97 Å². The molecule has 0 saturated heterocycles. The van der Waals surface area contributed by atoms with E-state index >= 15 is 0 Å². The van der Waals surface area contributed by atoms with Crippen LogP contribution >= 0.6 is 0 Å². The number of hydrogen-bond acceptors (Lipinski definition) is 3. The van der Waals surface area contributed by atoms with Crippen LogP contribution in [0, 0.1) is 5.92 Å². The fraction of sp³-hybridized carbons (Fsp3) is 0.276.